The normalized spacial score (nSPS) is 17.6. The third kappa shape index (κ3) is 3.30. The Bertz CT molecular complexity index is 673. The number of rotatable bonds is 4. The third-order valence-corrected chi connectivity index (χ3v) is 4.92. The van der Waals surface area contributed by atoms with Gasteiger partial charge in [0.05, 0.1) is 18.5 Å². The van der Waals surface area contributed by atoms with Gasteiger partial charge in [-0.05, 0) is 32.0 Å². The van der Waals surface area contributed by atoms with Crippen LogP contribution in [0.4, 0.5) is 5.69 Å². The molecule has 6 nitrogen and oxygen atoms in total. The van der Waals surface area contributed by atoms with Crippen molar-refractivity contribution in [2.24, 2.45) is 0 Å². The number of carbonyl (C=O) groups excluding carboxylic acids is 1. The van der Waals surface area contributed by atoms with Gasteiger partial charge in [-0.3, -0.25) is 9.10 Å². The van der Waals surface area contributed by atoms with Crippen LogP contribution in [0.1, 0.15) is 13.8 Å². The van der Waals surface area contributed by atoms with Crippen molar-refractivity contribution in [1.29, 1.82) is 0 Å². The van der Waals surface area contributed by atoms with Gasteiger partial charge in [-0.25, -0.2) is 8.42 Å². The van der Waals surface area contributed by atoms with Crippen LogP contribution in [0.2, 0.25) is 5.02 Å². The van der Waals surface area contributed by atoms with Crippen LogP contribution in [0, 0.1) is 0 Å². The highest BCUT2D eigenvalue weighted by molar-refractivity contribution is 7.92. The summed E-state index contributed by atoms with van der Waals surface area (Å²) in [5, 5.41) is 0.407. The van der Waals surface area contributed by atoms with E-state index < -0.39 is 16.1 Å². The summed E-state index contributed by atoms with van der Waals surface area (Å²) in [7, 11) is -3.54. The second-order valence-electron chi connectivity index (χ2n) is 5.02. The number of carbonyl (C=O) groups is 1. The first-order valence-electron chi connectivity index (χ1n) is 7.00. The summed E-state index contributed by atoms with van der Waals surface area (Å²) in [5.41, 5.74) is 0.360. The highest BCUT2D eigenvalue weighted by atomic mass is 35.5. The van der Waals surface area contributed by atoms with Crippen molar-refractivity contribution in [1.82, 2.24) is 4.90 Å². The fourth-order valence-corrected chi connectivity index (χ4v) is 3.48. The monoisotopic (exact) mass is 346 g/mol. The molecule has 1 aliphatic rings. The van der Waals surface area contributed by atoms with Crippen LogP contribution in [0.25, 0.3) is 0 Å². The molecule has 1 aliphatic heterocycles. The molecule has 0 aromatic heterocycles. The molecular weight excluding hydrogens is 328 g/mol. The lowest BCUT2D eigenvalue weighted by Gasteiger charge is -2.35. The van der Waals surface area contributed by atoms with Crippen molar-refractivity contribution in [2.75, 3.05) is 30.2 Å². The van der Waals surface area contributed by atoms with E-state index in [0.717, 1.165) is 6.26 Å². The Kier molecular flexibility index (Phi) is 4.87. The van der Waals surface area contributed by atoms with Gasteiger partial charge in [0.1, 0.15) is 5.75 Å². The Balaban J connectivity index is 2.41. The maximum Gasteiger partial charge on any atom is 0.265 e. The zero-order chi connectivity index (χ0) is 16.5. The van der Waals surface area contributed by atoms with Crippen LogP contribution in [0.3, 0.4) is 0 Å². The number of likely N-dealkylation sites (N-methyl/N-ethyl adjacent to an activating group) is 1. The predicted octanol–water partition coefficient (Wildman–Crippen LogP) is 1.74. The van der Waals surface area contributed by atoms with Crippen molar-refractivity contribution >= 4 is 33.2 Å². The molecule has 0 saturated heterocycles. The van der Waals surface area contributed by atoms with Gasteiger partial charge >= 0.3 is 0 Å². The van der Waals surface area contributed by atoms with E-state index in [9.17, 15) is 13.2 Å². The topological polar surface area (TPSA) is 66.9 Å². The average molecular weight is 347 g/mol. The van der Waals surface area contributed by atoms with Crippen LogP contribution in [-0.4, -0.2) is 51.2 Å². The van der Waals surface area contributed by atoms with Gasteiger partial charge in [0.2, 0.25) is 10.0 Å². The molecule has 122 valence electrons. The van der Waals surface area contributed by atoms with Crippen molar-refractivity contribution in [3.05, 3.63) is 23.2 Å². The minimum Gasteiger partial charge on any atom is -0.476 e. The largest absolute Gasteiger partial charge is 0.476 e. The molecule has 8 heteroatoms. The molecule has 0 N–H and O–H groups in total. The Morgan fingerprint density at radius 3 is 2.59 bits per heavy atom. The maximum absolute atomic E-state index is 12.5. The number of fused-ring (bicyclic) bond motifs is 1. The number of amides is 1. The molecule has 1 aromatic rings. The molecule has 0 saturated carbocycles. The summed E-state index contributed by atoms with van der Waals surface area (Å²) < 4.78 is 31.0. The van der Waals surface area contributed by atoms with E-state index in [1.807, 2.05) is 13.8 Å². The highest BCUT2D eigenvalue weighted by Gasteiger charge is 2.36. The van der Waals surface area contributed by atoms with Gasteiger partial charge in [0, 0.05) is 18.1 Å². The molecule has 2 rings (SSSR count). The van der Waals surface area contributed by atoms with Gasteiger partial charge in [0.25, 0.3) is 5.91 Å². The van der Waals surface area contributed by atoms with Crippen LogP contribution in [-0.2, 0) is 14.8 Å². The van der Waals surface area contributed by atoms with Crippen molar-refractivity contribution < 1.29 is 17.9 Å². The second kappa shape index (κ2) is 6.34. The molecule has 1 aromatic carbocycles. The smallest absolute Gasteiger partial charge is 0.265 e. The number of nitrogens with zero attached hydrogens (tertiary/aromatic N) is 2. The number of ether oxygens (including phenoxy) is 1. The number of sulfonamides is 1. The van der Waals surface area contributed by atoms with E-state index in [0.29, 0.717) is 29.5 Å². The van der Waals surface area contributed by atoms with Gasteiger partial charge in [-0.2, -0.15) is 0 Å². The van der Waals surface area contributed by atoms with Gasteiger partial charge in [-0.1, -0.05) is 11.6 Å². The van der Waals surface area contributed by atoms with E-state index in [1.54, 1.807) is 17.0 Å². The molecule has 0 fully saturated rings. The maximum atomic E-state index is 12.5. The molecule has 0 aliphatic carbocycles. The Morgan fingerprint density at radius 2 is 2.05 bits per heavy atom. The first-order valence-corrected chi connectivity index (χ1v) is 9.23. The summed E-state index contributed by atoms with van der Waals surface area (Å²) in [6.07, 6.45) is 0.241. The molecular formula is C14H19ClN2O4S. The molecule has 0 unspecified atom stereocenters. The van der Waals surface area contributed by atoms with Crippen LogP contribution in [0.5, 0.6) is 5.75 Å². The molecule has 22 heavy (non-hydrogen) atoms. The average Bonchev–Trinajstić information content (AvgIpc) is 2.46. The lowest BCUT2D eigenvalue weighted by atomic mass is 10.2. The van der Waals surface area contributed by atoms with E-state index in [4.69, 9.17) is 16.3 Å². The first kappa shape index (κ1) is 16.9. The van der Waals surface area contributed by atoms with Gasteiger partial charge < -0.3 is 9.64 Å². The molecule has 1 amide bonds. The number of benzene rings is 1. The number of anilines is 1. The zero-order valence-corrected chi connectivity index (χ0v) is 14.3. The molecule has 0 bridgehead atoms. The van der Waals surface area contributed by atoms with Crippen LogP contribution in [0.15, 0.2) is 18.2 Å². The van der Waals surface area contributed by atoms with Gasteiger partial charge in [0.15, 0.2) is 6.10 Å². The first-order chi connectivity index (χ1) is 10.3. The van der Waals surface area contributed by atoms with Crippen molar-refractivity contribution in [3.63, 3.8) is 0 Å². The Hall–Kier alpha value is -1.47. The quantitative estimate of drug-likeness (QED) is 0.832. The predicted molar refractivity (Wildman–Crippen MR) is 86.0 cm³/mol. The standard InChI is InChI=1S/C14H19ClN2O4S/c1-4-16(5-2)14(18)13-9-17(22(3,19)20)11-8-10(15)6-7-12(11)21-13/h6-8,13H,4-5,9H2,1-3H3/t13-/m0/s1. The Labute approximate surface area is 135 Å². The minimum atomic E-state index is -3.54. The summed E-state index contributed by atoms with van der Waals surface area (Å²) in [4.78, 5) is 14.1. The summed E-state index contributed by atoms with van der Waals surface area (Å²) in [6.45, 7) is 4.77. The lowest BCUT2D eigenvalue weighted by Crippen LogP contribution is -2.51. The van der Waals surface area contributed by atoms with E-state index in [-0.39, 0.29) is 12.5 Å². The molecule has 0 radical (unpaired) electrons. The van der Waals surface area contributed by atoms with E-state index in [1.165, 1.54) is 10.4 Å². The third-order valence-electron chi connectivity index (χ3n) is 3.54. The van der Waals surface area contributed by atoms with Crippen molar-refractivity contribution in [3.8, 4) is 5.75 Å². The SMILES string of the molecule is CCN(CC)C(=O)[C@@H]1CN(S(C)(=O)=O)c2cc(Cl)ccc2O1. The summed E-state index contributed by atoms with van der Waals surface area (Å²) in [6, 6.07) is 4.71. The summed E-state index contributed by atoms with van der Waals surface area (Å²) >= 11 is 5.93. The number of halogens is 1. The molecule has 1 heterocycles. The fourth-order valence-electron chi connectivity index (χ4n) is 2.41. The molecule has 0 spiro atoms. The van der Waals surface area contributed by atoms with E-state index >= 15 is 0 Å². The van der Waals surface area contributed by atoms with Crippen molar-refractivity contribution in [2.45, 2.75) is 20.0 Å². The number of hydrogen-bond donors (Lipinski definition) is 0. The second-order valence-corrected chi connectivity index (χ2v) is 7.37. The van der Waals surface area contributed by atoms with Crippen LogP contribution < -0.4 is 9.04 Å². The summed E-state index contributed by atoms with van der Waals surface area (Å²) in [5.74, 6) is 0.117. The number of hydrogen-bond acceptors (Lipinski definition) is 4. The van der Waals surface area contributed by atoms with Gasteiger partial charge in [-0.15, -0.1) is 0 Å². The minimum absolute atomic E-state index is 0.0541. The fraction of sp³-hybridized carbons (Fsp3) is 0.500. The zero-order valence-electron chi connectivity index (χ0n) is 12.7. The van der Waals surface area contributed by atoms with E-state index in [2.05, 4.69) is 0 Å². The van der Waals surface area contributed by atoms with Crippen LogP contribution >= 0.6 is 11.6 Å². The lowest BCUT2D eigenvalue weighted by molar-refractivity contribution is -0.138. The highest BCUT2D eigenvalue weighted by Crippen LogP contribution is 2.37. The molecule has 1 atom stereocenters. The Morgan fingerprint density at radius 1 is 1.41 bits per heavy atom.